The van der Waals surface area contributed by atoms with E-state index >= 15 is 0 Å². The van der Waals surface area contributed by atoms with E-state index in [2.05, 4.69) is 10.6 Å². The monoisotopic (exact) mass is 698 g/mol. The molecule has 1 fully saturated rings. The molecule has 12 nitrogen and oxygen atoms in total. The molecule has 3 aromatic carbocycles. The van der Waals surface area contributed by atoms with Gasteiger partial charge in [-0.2, -0.15) is 0 Å². The quantitative estimate of drug-likeness (QED) is 0.171. The first-order valence-corrected chi connectivity index (χ1v) is 17.5. The van der Waals surface area contributed by atoms with Crippen LogP contribution in [0.3, 0.4) is 0 Å². The fourth-order valence-corrected chi connectivity index (χ4v) is 7.00. The van der Waals surface area contributed by atoms with E-state index in [0.29, 0.717) is 18.5 Å². The largest absolute Gasteiger partial charge is 0.461 e. The maximum atomic E-state index is 14.9. The van der Waals surface area contributed by atoms with Crippen molar-refractivity contribution in [2.45, 2.75) is 76.4 Å². The summed E-state index contributed by atoms with van der Waals surface area (Å²) in [6, 6.07) is 22.2. The first-order chi connectivity index (χ1) is 24.5. The summed E-state index contributed by atoms with van der Waals surface area (Å²) in [6.45, 7) is 3.51. The number of esters is 1. The lowest BCUT2D eigenvalue weighted by Crippen LogP contribution is -2.72. The fraction of sp³-hybridized carbons (Fsp3) is 0.410. The highest BCUT2D eigenvalue weighted by Crippen LogP contribution is 2.37. The molecule has 1 saturated heterocycles. The van der Waals surface area contributed by atoms with Crippen LogP contribution in [0.5, 0.6) is 0 Å². The third kappa shape index (κ3) is 8.70. The fourth-order valence-electron chi connectivity index (χ4n) is 7.00. The number of fused-ring (bicyclic) bond motifs is 1. The van der Waals surface area contributed by atoms with Crippen LogP contribution in [0.1, 0.15) is 43.4 Å². The smallest absolute Gasteiger partial charge is 0.342 e. The molecule has 0 aromatic heterocycles. The third-order valence-electron chi connectivity index (χ3n) is 9.56. The Bertz CT molecular complexity index is 1700. The van der Waals surface area contributed by atoms with Gasteiger partial charge in [0.05, 0.1) is 26.3 Å². The van der Waals surface area contributed by atoms with Crippen molar-refractivity contribution in [1.29, 1.82) is 0 Å². The molecule has 3 aromatic rings. The lowest BCUT2D eigenvalue weighted by Gasteiger charge is -2.44. The average Bonchev–Trinajstić information content (AvgIpc) is 3.63. The molecule has 12 heteroatoms. The van der Waals surface area contributed by atoms with E-state index in [1.165, 1.54) is 4.90 Å². The summed E-state index contributed by atoms with van der Waals surface area (Å²) in [4.78, 5) is 70.6. The molecule has 2 heterocycles. The summed E-state index contributed by atoms with van der Waals surface area (Å²) < 4.78 is 11.2. The van der Waals surface area contributed by atoms with Gasteiger partial charge >= 0.3 is 11.9 Å². The number of hydrogen-bond acceptors (Lipinski definition) is 8. The lowest BCUT2D eigenvalue weighted by atomic mass is 9.92. The van der Waals surface area contributed by atoms with Crippen LogP contribution in [-0.4, -0.2) is 91.5 Å². The number of likely N-dealkylation sites (tertiary alicyclic amines) is 1. The Kier molecular flexibility index (Phi) is 12.4. The molecule has 0 spiro atoms. The van der Waals surface area contributed by atoms with E-state index in [9.17, 15) is 24.0 Å². The zero-order chi connectivity index (χ0) is 36.5. The van der Waals surface area contributed by atoms with E-state index in [0.717, 1.165) is 16.7 Å². The molecule has 1 unspecified atom stereocenters. The van der Waals surface area contributed by atoms with Gasteiger partial charge in [-0.25, -0.2) is 14.1 Å². The highest BCUT2D eigenvalue weighted by atomic mass is 16.5. The molecule has 4 N–H and O–H groups in total. The summed E-state index contributed by atoms with van der Waals surface area (Å²) in [6.07, 6.45) is 0.984. The Morgan fingerprint density at radius 1 is 0.941 bits per heavy atom. The van der Waals surface area contributed by atoms with Crippen molar-refractivity contribution >= 4 is 35.3 Å². The van der Waals surface area contributed by atoms with Gasteiger partial charge in [0.2, 0.25) is 17.9 Å². The summed E-state index contributed by atoms with van der Waals surface area (Å²) in [5, 5.41) is 5.63. The molecule has 4 amide bonds. The number of nitrogens with one attached hydrogen (secondary N) is 2. The van der Waals surface area contributed by atoms with Crippen molar-refractivity contribution in [3.05, 3.63) is 102 Å². The number of nitrogens with zero attached hydrogens (tertiary/aromatic N) is 2. The topological polar surface area (TPSA) is 157 Å². The number of carbonyl (C=O) groups excluding carboxylic acids is 5. The number of nitrogens with two attached hydrogens (primary N) is 1. The number of benzene rings is 3. The van der Waals surface area contributed by atoms with Crippen molar-refractivity contribution in [3.63, 3.8) is 0 Å². The second kappa shape index (κ2) is 16.9. The molecule has 0 bridgehead atoms. The van der Waals surface area contributed by atoms with Gasteiger partial charge < -0.3 is 30.7 Å². The Balaban J connectivity index is 1.46. The standard InChI is InChI=1S/C39H47N5O7/c1-26(2)51-39(49)31(21-27-13-6-4-7-14-27)42-36(46)32-18-12-20-43(32)37(47)34(25-50-24-28-15-8-5-9-16-28)44(3)33-19-11-10-17-29(33)22-30(38(44)48)41-35(45)23-40/h4-11,13-17,19,26,30-32,34H,12,18,20-25,40H2,1-3H3,(H-,41,42,45,46)/p+1/t30-,31-,32-,34-,44?/m0/s1. The maximum absolute atomic E-state index is 14.9. The minimum Gasteiger partial charge on any atom is -0.461 e. The van der Waals surface area contributed by atoms with Crippen LogP contribution in [0.15, 0.2) is 84.9 Å². The molecule has 270 valence electrons. The zero-order valence-electron chi connectivity index (χ0n) is 29.5. The number of para-hydroxylation sites is 1. The highest BCUT2D eigenvalue weighted by molar-refractivity contribution is 6.03. The molecule has 0 aliphatic carbocycles. The van der Waals surface area contributed by atoms with E-state index in [-0.39, 0.29) is 45.2 Å². The molecule has 5 atom stereocenters. The van der Waals surface area contributed by atoms with E-state index < -0.39 is 58.2 Å². The Labute approximate surface area is 298 Å². The van der Waals surface area contributed by atoms with Crippen LogP contribution in [0.4, 0.5) is 5.69 Å². The van der Waals surface area contributed by atoms with E-state index in [1.54, 1.807) is 20.9 Å². The van der Waals surface area contributed by atoms with Crippen LogP contribution in [0.2, 0.25) is 0 Å². The first kappa shape index (κ1) is 37.3. The van der Waals surface area contributed by atoms with Gasteiger partial charge in [0.1, 0.15) is 30.4 Å². The Morgan fingerprint density at radius 2 is 1.59 bits per heavy atom. The van der Waals surface area contributed by atoms with Gasteiger partial charge in [0.25, 0.3) is 5.91 Å². The van der Waals surface area contributed by atoms with Crippen molar-refractivity contribution in [1.82, 2.24) is 20.0 Å². The summed E-state index contributed by atoms with van der Waals surface area (Å²) in [5.41, 5.74) is 8.74. The van der Waals surface area contributed by atoms with Crippen molar-refractivity contribution in [3.8, 4) is 0 Å². The van der Waals surface area contributed by atoms with Crippen molar-refractivity contribution in [2.75, 3.05) is 26.7 Å². The normalized spacial score (nSPS) is 21.0. The summed E-state index contributed by atoms with van der Waals surface area (Å²) in [7, 11) is 1.67. The first-order valence-electron chi connectivity index (χ1n) is 17.5. The number of rotatable bonds is 14. The van der Waals surface area contributed by atoms with E-state index in [4.69, 9.17) is 15.2 Å². The number of hydrogen-bond donors (Lipinski definition) is 3. The maximum Gasteiger partial charge on any atom is 0.342 e. The third-order valence-corrected chi connectivity index (χ3v) is 9.56. The summed E-state index contributed by atoms with van der Waals surface area (Å²) >= 11 is 0. The van der Waals surface area contributed by atoms with Crippen LogP contribution in [-0.2, 0) is 52.9 Å². The van der Waals surface area contributed by atoms with E-state index in [1.807, 2.05) is 84.9 Å². The number of amides is 4. The predicted molar refractivity (Wildman–Crippen MR) is 192 cm³/mol. The molecule has 0 saturated carbocycles. The van der Waals surface area contributed by atoms with Crippen LogP contribution in [0.25, 0.3) is 0 Å². The number of quaternary nitrogens is 1. The van der Waals surface area contributed by atoms with Crippen LogP contribution < -0.4 is 20.9 Å². The van der Waals surface area contributed by atoms with Crippen LogP contribution >= 0.6 is 0 Å². The van der Waals surface area contributed by atoms with Crippen LogP contribution in [0, 0.1) is 0 Å². The molecule has 2 aliphatic heterocycles. The molecule has 5 rings (SSSR count). The van der Waals surface area contributed by atoms with Gasteiger partial charge in [-0.1, -0.05) is 78.9 Å². The number of carbonyl (C=O) groups is 5. The minimum absolute atomic E-state index is 0.149. The van der Waals surface area contributed by atoms with Gasteiger partial charge in [0, 0.05) is 24.9 Å². The Hall–Kier alpha value is -4.91. The molecular weight excluding hydrogens is 650 g/mol. The molecule has 2 aliphatic rings. The Morgan fingerprint density at radius 3 is 2.25 bits per heavy atom. The van der Waals surface area contributed by atoms with Crippen molar-refractivity contribution < 1.29 is 33.4 Å². The zero-order valence-corrected chi connectivity index (χ0v) is 29.5. The second-order valence-corrected chi connectivity index (χ2v) is 13.5. The highest BCUT2D eigenvalue weighted by Gasteiger charge is 2.55. The SMILES string of the molecule is CC(C)OC(=O)[C@H](Cc1ccccc1)NC(=O)[C@@H]1CCCN1C(=O)[C@H](COCc1ccccc1)[N+]1(C)C(=O)[C@@H](NC(=O)CN)Cc2ccccc21. The predicted octanol–water partition coefficient (Wildman–Crippen LogP) is 2.41. The average molecular weight is 699 g/mol. The lowest BCUT2D eigenvalue weighted by molar-refractivity contribution is -0.153. The molecular formula is C39H48N5O7+. The minimum atomic E-state index is -1.11. The molecule has 0 radical (unpaired) electrons. The number of likely N-dealkylation sites (N-methyl/N-ethyl adjacent to an activating group) is 1. The van der Waals surface area contributed by atoms with Gasteiger partial charge in [-0.15, -0.1) is 0 Å². The van der Waals surface area contributed by atoms with Gasteiger partial charge in [-0.05, 0) is 43.9 Å². The second-order valence-electron chi connectivity index (χ2n) is 13.5. The number of ether oxygens (including phenoxy) is 2. The molecule has 51 heavy (non-hydrogen) atoms. The van der Waals surface area contributed by atoms with Crippen molar-refractivity contribution in [2.24, 2.45) is 5.73 Å². The summed E-state index contributed by atoms with van der Waals surface area (Å²) in [5.74, 6) is -2.37. The van der Waals surface area contributed by atoms with Gasteiger partial charge in [0.15, 0.2) is 0 Å². The van der Waals surface area contributed by atoms with Gasteiger partial charge in [-0.3, -0.25) is 14.4 Å².